The Balaban J connectivity index is 2.30. The van der Waals surface area contributed by atoms with Gasteiger partial charge in [0, 0.05) is 70.8 Å². The molecule has 0 aliphatic carbocycles. The van der Waals surface area contributed by atoms with Crippen molar-refractivity contribution in [2.24, 2.45) is 0 Å². The fourth-order valence-corrected chi connectivity index (χ4v) is 5.51. The Hall–Kier alpha value is -4.63. The van der Waals surface area contributed by atoms with Crippen molar-refractivity contribution in [2.45, 2.75) is 89.3 Å². The van der Waals surface area contributed by atoms with Gasteiger partial charge in [0.05, 0.1) is 0 Å². The molecule has 0 bridgehead atoms. The molecular formula is C36H63N10O9S+. The van der Waals surface area contributed by atoms with E-state index in [1.54, 1.807) is 0 Å². The summed E-state index contributed by atoms with van der Waals surface area (Å²) in [5, 5.41) is 53.4. The second-order valence-electron chi connectivity index (χ2n) is 13.2. The number of amides is 4. The smallest absolute Gasteiger partial charge is 0.326 e. The molecule has 0 aromatic heterocycles. The van der Waals surface area contributed by atoms with Gasteiger partial charge in [-0.2, -0.15) is 0 Å². The zero-order chi connectivity index (χ0) is 41.6. The SMILES string of the molecule is CCNCCNCCNCC([NH3+])Cc1ccc(NC(=S)NCCCCCC(=O)NC(CCC(=O)O)C(=O)NCCCCC(NC(=O)NCC(=O)O)C(=O)O)cc1. The summed E-state index contributed by atoms with van der Waals surface area (Å²) in [5.74, 6) is -4.64. The van der Waals surface area contributed by atoms with Crippen LogP contribution in [0, 0.1) is 0 Å². The van der Waals surface area contributed by atoms with Gasteiger partial charge in [-0.3, -0.25) is 19.2 Å². The molecule has 1 aromatic carbocycles. The van der Waals surface area contributed by atoms with Gasteiger partial charge in [-0.05, 0) is 75.0 Å². The van der Waals surface area contributed by atoms with E-state index in [-0.39, 0.29) is 50.6 Å². The average Bonchev–Trinajstić information content (AvgIpc) is 3.14. The molecule has 1 aromatic rings. The normalized spacial score (nSPS) is 12.4. The maximum absolute atomic E-state index is 12.8. The van der Waals surface area contributed by atoms with Gasteiger partial charge in [-0.1, -0.05) is 25.5 Å². The number of carboxylic acid groups (broad SMARTS) is 3. The van der Waals surface area contributed by atoms with Crippen LogP contribution < -0.4 is 53.6 Å². The van der Waals surface area contributed by atoms with Crippen molar-refractivity contribution >= 4 is 58.8 Å². The number of carbonyl (C=O) groups excluding carboxylic acids is 3. The van der Waals surface area contributed by atoms with E-state index in [1.807, 2.05) is 17.4 Å². The molecule has 19 nitrogen and oxygen atoms in total. The van der Waals surface area contributed by atoms with E-state index in [2.05, 4.69) is 67.3 Å². The summed E-state index contributed by atoms with van der Waals surface area (Å²) in [6, 6.07) is 5.07. The van der Waals surface area contributed by atoms with Crippen LogP contribution >= 0.6 is 12.2 Å². The highest BCUT2D eigenvalue weighted by Crippen LogP contribution is 2.11. The summed E-state index contributed by atoms with van der Waals surface area (Å²) in [4.78, 5) is 70.2. The highest BCUT2D eigenvalue weighted by Gasteiger charge is 2.22. The quantitative estimate of drug-likeness (QED) is 0.0305. The van der Waals surface area contributed by atoms with Crippen LogP contribution in [0.15, 0.2) is 24.3 Å². The molecule has 0 aliphatic heterocycles. The summed E-state index contributed by atoms with van der Waals surface area (Å²) >= 11 is 5.42. The van der Waals surface area contributed by atoms with Gasteiger partial charge < -0.3 is 68.9 Å². The number of thiocarbonyl (C=S) groups is 1. The number of hydrogen-bond acceptors (Lipinski definition) is 10. The third-order valence-corrected chi connectivity index (χ3v) is 8.51. The predicted octanol–water partition coefficient (Wildman–Crippen LogP) is -1.05. The van der Waals surface area contributed by atoms with E-state index in [4.69, 9.17) is 22.4 Å². The van der Waals surface area contributed by atoms with E-state index in [0.717, 1.165) is 57.8 Å². The molecule has 3 unspecified atom stereocenters. The number of benzene rings is 1. The molecule has 56 heavy (non-hydrogen) atoms. The lowest BCUT2D eigenvalue weighted by Gasteiger charge is -2.18. The Morgan fingerprint density at radius 2 is 1.36 bits per heavy atom. The van der Waals surface area contributed by atoms with E-state index >= 15 is 0 Å². The minimum Gasteiger partial charge on any atom is -0.481 e. The van der Waals surface area contributed by atoms with Gasteiger partial charge in [0.15, 0.2) is 5.11 Å². The molecule has 0 spiro atoms. The molecule has 0 heterocycles. The monoisotopic (exact) mass is 811 g/mol. The summed E-state index contributed by atoms with van der Waals surface area (Å²) in [5.41, 5.74) is 6.33. The number of aliphatic carboxylic acids is 3. The first-order valence-corrected chi connectivity index (χ1v) is 19.6. The minimum atomic E-state index is -1.30. The molecule has 0 saturated carbocycles. The lowest BCUT2D eigenvalue weighted by molar-refractivity contribution is -0.416. The van der Waals surface area contributed by atoms with Gasteiger partial charge in [-0.25, -0.2) is 9.59 Å². The van der Waals surface area contributed by atoms with Gasteiger partial charge in [0.2, 0.25) is 11.8 Å². The van der Waals surface area contributed by atoms with Crippen LogP contribution in [0.2, 0.25) is 0 Å². The van der Waals surface area contributed by atoms with Crippen molar-refractivity contribution in [3.8, 4) is 0 Å². The number of likely N-dealkylation sites (N-methyl/N-ethyl adjacent to an activating group) is 1. The van der Waals surface area contributed by atoms with Crippen molar-refractivity contribution in [2.75, 3.05) is 64.2 Å². The molecule has 4 amide bonds. The van der Waals surface area contributed by atoms with E-state index in [9.17, 15) is 33.9 Å². The number of carbonyl (C=O) groups is 6. The third kappa shape index (κ3) is 26.2. The van der Waals surface area contributed by atoms with E-state index < -0.39 is 48.5 Å². The number of quaternary nitrogens is 1. The number of carboxylic acids is 3. The topological polar surface area (TPSA) is 299 Å². The Labute approximate surface area is 333 Å². The Kier molecular flexibility index (Phi) is 27.0. The average molecular weight is 812 g/mol. The maximum Gasteiger partial charge on any atom is 0.326 e. The van der Waals surface area contributed by atoms with Gasteiger partial charge in [0.25, 0.3) is 0 Å². The number of nitrogens with one attached hydrogen (secondary N) is 9. The first-order chi connectivity index (χ1) is 26.8. The number of anilines is 1. The zero-order valence-corrected chi connectivity index (χ0v) is 33.2. The van der Waals surface area contributed by atoms with Crippen LogP contribution in [0.25, 0.3) is 0 Å². The zero-order valence-electron chi connectivity index (χ0n) is 32.4. The second-order valence-corrected chi connectivity index (χ2v) is 13.6. The highest BCUT2D eigenvalue weighted by molar-refractivity contribution is 7.80. The fraction of sp³-hybridized carbons (Fsp3) is 0.639. The van der Waals surface area contributed by atoms with Crippen LogP contribution in [0.4, 0.5) is 10.5 Å². The largest absolute Gasteiger partial charge is 0.481 e. The van der Waals surface area contributed by atoms with Gasteiger partial charge in [-0.15, -0.1) is 0 Å². The Bertz CT molecular complexity index is 1360. The van der Waals surface area contributed by atoms with E-state index in [1.165, 1.54) is 5.56 Å². The summed E-state index contributed by atoms with van der Waals surface area (Å²) in [6.07, 6.45) is 3.21. The number of rotatable bonds is 32. The minimum absolute atomic E-state index is 0.0176. The lowest BCUT2D eigenvalue weighted by atomic mass is 10.1. The molecular weight excluding hydrogens is 749 g/mol. The number of hydrogen-bond donors (Lipinski definition) is 13. The van der Waals surface area contributed by atoms with Crippen LogP contribution in [0.1, 0.15) is 70.3 Å². The van der Waals surface area contributed by atoms with E-state index in [0.29, 0.717) is 30.9 Å². The molecule has 0 saturated heterocycles. The molecule has 20 heteroatoms. The Morgan fingerprint density at radius 3 is 2.02 bits per heavy atom. The maximum atomic E-state index is 12.8. The summed E-state index contributed by atoms with van der Waals surface area (Å²) < 4.78 is 0. The molecule has 316 valence electrons. The third-order valence-electron chi connectivity index (χ3n) is 8.26. The molecule has 15 N–H and O–H groups in total. The summed E-state index contributed by atoms with van der Waals surface area (Å²) in [7, 11) is 0. The predicted molar refractivity (Wildman–Crippen MR) is 215 cm³/mol. The van der Waals surface area contributed by atoms with Crippen molar-refractivity contribution in [1.29, 1.82) is 0 Å². The first kappa shape index (κ1) is 49.4. The van der Waals surface area contributed by atoms with Crippen LogP contribution in [-0.4, -0.2) is 133 Å². The van der Waals surface area contributed by atoms with Crippen molar-refractivity contribution in [1.82, 2.24) is 42.5 Å². The fourth-order valence-electron chi connectivity index (χ4n) is 5.29. The molecule has 0 aliphatic rings. The van der Waals surface area contributed by atoms with Crippen LogP contribution in [0.5, 0.6) is 0 Å². The molecule has 3 atom stereocenters. The lowest BCUT2D eigenvalue weighted by Crippen LogP contribution is -2.66. The van der Waals surface area contributed by atoms with Gasteiger partial charge >= 0.3 is 23.9 Å². The standard InChI is InChI=1S/C36H62N10O9S/c1-2-38-18-19-39-20-21-40-23-26(37)22-25-10-12-27(13-11-25)44-36(56)42-17-6-3-4-9-30(47)45-28(14-15-31(48)49)33(52)41-16-7-5-8-29(34(53)54)46-35(55)43-24-32(50)51/h10-13,26,28-29,38-40H,2-9,14-24,37H2,1H3,(H,41,52)(H,45,47)(H,48,49)(H,50,51)(H,53,54)(H2,42,44,56)(H2,43,46,55)/p+1. The van der Waals surface area contributed by atoms with Crippen molar-refractivity contribution in [3.63, 3.8) is 0 Å². The second kappa shape index (κ2) is 30.6. The Morgan fingerprint density at radius 1 is 0.696 bits per heavy atom. The van der Waals surface area contributed by atoms with Crippen LogP contribution in [0.3, 0.4) is 0 Å². The first-order valence-electron chi connectivity index (χ1n) is 19.2. The molecule has 1 rings (SSSR count). The van der Waals surface area contributed by atoms with Crippen LogP contribution in [-0.2, 0) is 30.4 Å². The summed E-state index contributed by atoms with van der Waals surface area (Å²) in [6.45, 7) is 7.70. The number of unbranched alkanes of at least 4 members (excludes halogenated alkanes) is 3. The van der Waals surface area contributed by atoms with Gasteiger partial charge in [0.1, 0.15) is 24.7 Å². The number of urea groups is 1. The van der Waals surface area contributed by atoms with Crippen molar-refractivity contribution < 1.29 is 49.8 Å². The van der Waals surface area contributed by atoms with Crippen molar-refractivity contribution in [3.05, 3.63) is 29.8 Å². The molecule has 0 fully saturated rings. The highest BCUT2D eigenvalue weighted by atomic mass is 32.1. The molecule has 0 radical (unpaired) electrons.